The van der Waals surface area contributed by atoms with Crippen LogP contribution in [0.1, 0.15) is 26.7 Å². The first-order valence-electron chi connectivity index (χ1n) is 9.54. The van der Waals surface area contributed by atoms with Gasteiger partial charge >= 0.3 is 0 Å². The SMILES string of the molecule is CC(=O)N(CC(=O)N1CCC(C)CC1)c1ccccc1N1CCOCC1. The summed E-state index contributed by atoms with van der Waals surface area (Å²) in [6.07, 6.45) is 2.08. The van der Waals surface area contributed by atoms with Crippen molar-refractivity contribution in [1.82, 2.24) is 4.90 Å². The van der Waals surface area contributed by atoms with Crippen LogP contribution in [0.25, 0.3) is 0 Å². The van der Waals surface area contributed by atoms with Crippen LogP contribution in [0.3, 0.4) is 0 Å². The van der Waals surface area contributed by atoms with Crippen LogP contribution in [-0.4, -0.2) is 62.7 Å². The van der Waals surface area contributed by atoms with E-state index in [0.717, 1.165) is 50.4 Å². The smallest absolute Gasteiger partial charge is 0.242 e. The second kappa shape index (κ2) is 8.54. The number of benzene rings is 1. The van der Waals surface area contributed by atoms with Crippen molar-refractivity contribution >= 4 is 23.2 Å². The molecule has 0 bridgehead atoms. The second-order valence-electron chi connectivity index (χ2n) is 7.26. The van der Waals surface area contributed by atoms with Crippen LogP contribution in [0.15, 0.2) is 24.3 Å². The molecule has 26 heavy (non-hydrogen) atoms. The van der Waals surface area contributed by atoms with Crippen molar-refractivity contribution in [3.8, 4) is 0 Å². The molecule has 1 aromatic rings. The van der Waals surface area contributed by atoms with Gasteiger partial charge in [-0.15, -0.1) is 0 Å². The summed E-state index contributed by atoms with van der Waals surface area (Å²) in [5.74, 6) is 0.596. The molecule has 2 heterocycles. The minimum atomic E-state index is -0.107. The van der Waals surface area contributed by atoms with Gasteiger partial charge in [0.25, 0.3) is 0 Å². The molecule has 0 saturated carbocycles. The summed E-state index contributed by atoms with van der Waals surface area (Å²) in [5.41, 5.74) is 1.80. The third-order valence-corrected chi connectivity index (χ3v) is 5.33. The van der Waals surface area contributed by atoms with E-state index < -0.39 is 0 Å². The Labute approximate surface area is 155 Å². The van der Waals surface area contributed by atoms with Crippen LogP contribution < -0.4 is 9.80 Å². The minimum Gasteiger partial charge on any atom is -0.378 e. The molecule has 3 rings (SSSR count). The van der Waals surface area contributed by atoms with E-state index in [4.69, 9.17) is 4.74 Å². The number of amides is 2. The predicted molar refractivity (Wildman–Crippen MR) is 102 cm³/mol. The Kier molecular flexibility index (Phi) is 6.14. The van der Waals surface area contributed by atoms with E-state index in [-0.39, 0.29) is 18.4 Å². The van der Waals surface area contributed by atoms with Gasteiger partial charge in [0.05, 0.1) is 24.6 Å². The summed E-state index contributed by atoms with van der Waals surface area (Å²) in [5, 5.41) is 0. The van der Waals surface area contributed by atoms with Crippen molar-refractivity contribution in [2.45, 2.75) is 26.7 Å². The number of piperidine rings is 1. The molecule has 2 fully saturated rings. The van der Waals surface area contributed by atoms with Crippen molar-refractivity contribution < 1.29 is 14.3 Å². The molecule has 6 nitrogen and oxygen atoms in total. The highest BCUT2D eigenvalue weighted by Gasteiger charge is 2.26. The van der Waals surface area contributed by atoms with Crippen molar-refractivity contribution in [2.24, 2.45) is 5.92 Å². The number of nitrogens with zero attached hydrogens (tertiary/aromatic N) is 3. The Hall–Kier alpha value is -2.08. The highest BCUT2D eigenvalue weighted by Crippen LogP contribution is 2.30. The van der Waals surface area contributed by atoms with Crippen molar-refractivity contribution in [3.05, 3.63) is 24.3 Å². The van der Waals surface area contributed by atoms with E-state index in [1.807, 2.05) is 29.2 Å². The minimum absolute atomic E-state index is 0.0314. The molecular formula is C20H29N3O3. The number of carbonyl (C=O) groups excluding carboxylic acids is 2. The molecule has 142 valence electrons. The van der Waals surface area contributed by atoms with E-state index in [2.05, 4.69) is 11.8 Å². The number of hydrogen-bond donors (Lipinski definition) is 0. The van der Waals surface area contributed by atoms with Gasteiger partial charge in [-0.25, -0.2) is 0 Å². The van der Waals surface area contributed by atoms with E-state index in [1.165, 1.54) is 6.92 Å². The van der Waals surface area contributed by atoms with Gasteiger partial charge in [0.15, 0.2) is 0 Å². The van der Waals surface area contributed by atoms with Gasteiger partial charge in [-0.3, -0.25) is 9.59 Å². The third kappa shape index (κ3) is 4.36. The first-order chi connectivity index (χ1) is 12.6. The molecule has 0 radical (unpaired) electrons. The molecule has 2 saturated heterocycles. The maximum absolute atomic E-state index is 12.8. The fourth-order valence-electron chi connectivity index (χ4n) is 3.62. The van der Waals surface area contributed by atoms with Gasteiger partial charge in [0.2, 0.25) is 11.8 Å². The van der Waals surface area contributed by atoms with Crippen LogP contribution >= 0.6 is 0 Å². The lowest BCUT2D eigenvalue weighted by Crippen LogP contribution is -2.46. The standard InChI is InChI=1S/C20H29N3O3/c1-16-7-9-22(10-8-16)20(25)15-23(17(2)24)19-6-4-3-5-18(19)21-11-13-26-14-12-21/h3-6,16H,7-15H2,1-2H3. The number of anilines is 2. The molecule has 0 atom stereocenters. The molecule has 2 aliphatic heterocycles. The lowest BCUT2D eigenvalue weighted by Gasteiger charge is -2.35. The van der Waals surface area contributed by atoms with E-state index in [1.54, 1.807) is 4.90 Å². The number of morpholine rings is 1. The first-order valence-corrected chi connectivity index (χ1v) is 9.54. The zero-order valence-corrected chi connectivity index (χ0v) is 15.8. The van der Waals surface area contributed by atoms with Gasteiger partial charge in [-0.05, 0) is 30.9 Å². The van der Waals surface area contributed by atoms with Gasteiger partial charge in [0, 0.05) is 33.1 Å². The lowest BCUT2D eigenvalue weighted by atomic mass is 9.99. The number of ether oxygens (including phenoxy) is 1. The molecule has 2 aliphatic rings. The molecule has 2 amide bonds. The Morgan fingerprint density at radius 1 is 1.12 bits per heavy atom. The summed E-state index contributed by atoms with van der Waals surface area (Å²) in [4.78, 5) is 30.9. The van der Waals surface area contributed by atoms with E-state index in [9.17, 15) is 9.59 Å². The zero-order chi connectivity index (χ0) is 18.5. The average Bonchev–Trinajstić information content (AvgIpc) is 2.67. The summed E-state index contributed by atoms with van der Waals surface area (Å²) >= 11 is 0. The molecule has 1 aromatic carbocycles. The summed E-state index contributed by atoms with van der Waals surface area (Å²) in [7, 11) is 0. The highest BCUT2D eigenvalue weighted by atomic mass is 16.5. The Balaban J connectivity index is 1.77. The molecule has 0 aromatic heterocycles. The number of carbonyl (C=O) groups is 2. The normalized spacial score (nSPS) is 18.7. The number of likely N-dealkylation sites (tertiary alicyclic amines) is 1. The number of hydrogen-bond acceptors (Lipinski definition) is 4. The zero-order valence-electron chi connectivity index (χ0n) is 15.8. The van der Waals surface area contributed by atoms with E-state index in [0.29, 0.717) is 19.1 Å². The van der Waals surface area contributed by atoms with Gasteiger partial charge in [0.1, 0.15) is 6.54 Å². The molecular weight excluding hydrogens is 330 g/mol. The second-order valence-corrected chi connectivity index (χ2v) is 7.26. The van der Waals surface area contributed by atoms with Crippen LogP contribution in [0, 0.1) is 5.92 Å². The van der Waals surface area contributed by atoms with E-state index >= 15 is 0 Å². The Morgan fingerprint density at radius 3 is 2.42 bits per heavy atom. The van der Waals surface area contributed by atoms with Crippen molar-refractivity contribution in [3.63, 3.8) is 0 Å². The fraction of sp³-hybridized carbons (Fsp3) is 0.600. The van der Waals surface area contributed by atoms with Crippen LogP contribution in [0.5, 0.6) is 0 Å². The topological polar surface area (TPSA) is 53.1 Å². The largest absolute Gasteiger partial charge is 0.378 e. The van der Waals surface area contributed by atoms with Crippen molar-refractivity contribution in [1.29, 1.82) is 0 Å². The molecule has 0 unspecified atom stereocenters. The maximum atomic E-state index is 12.8. The lowest BCUT2D eigenvalue weighted by molar-refractivity contribution is -0.132. The monoisotopic (exact) mass is 359 g/mol. The average molecular weight is 359 g/mol. The van der Waals surface area contributed by atoms with Crippen molar-refractivity contribution in [2.75, 3.05) is 55.7 Å². The molecule has 0 aliphatic carbocycles. The fourth-order valence-corrected chi connectivity index (χ4v) is 3.62. The van der Waals surface area contributed by atoms with Gasteiger partial charge in [-0.1, -0.05) is 19.1 Å². The van der Waals surface area contributed by atoms with Gasteiger partial charge in [-0.2, -0.15) is 0 Å². The predicted octanol–water partition coefficient (Wildman–Crippen LogP) is 2.13. The van der Waals surface area contributed by atoms with Crippen LogP contribution in [-0.2, 0) is 14.3 Å². The third-order valence-electron chi connectivity index (χ3n) is 5.33. The molecule has 0 spiro atoms. The number of para-hydroxylation sites is 2. The van der Waals surface area contributed by atoms with Crippen LogP contribution in [0.2, 0.25) is 0 Å². The molecule has 0 N–H and O–H groups in total. The maximum Gasteiger partial charge on any atom is 0.242 e. The quantitative estimate of drug-likeness (QED) is 0.826. The first kappa shape index (κ1) is 18.7. The van der Waals surface area contributed by atoms with Crippen LogP contribution in [0.4, 0.5) is 11.4 Å². The number of rotatable bonds is 4. The van der Waals surface area contributed by atoms with Gasteiger partial charge < -0.3 is 19.4 Å². The summed E-state index contributed by atoms with van der Waals surface area (Å²) in [6, 6.07) is 7.84. The summed E-state index contributed by atoms with van der Waals surface area (Å²) in [6.45, 7) is 8.38. The molecule has 6 heteroatoms. The summed E-state index contributed by atoms with van der Waals surface area (Å²) < 4.78 is 5.44. The Bertz CT molecular complexity index is 635. The highest BCUT2D eigenvalue weighted by molar-refractivity contribution is 6.00. The Morgan fingerprint density at radius 2 is 1.77 bits per heavy atom.